The van der Waals surface area contributed by atoms with E-state index in [1.807, 2.05) is 12.1 Å². The molecular weight excluding hydrogens is 364 g/mol. The van der Waals surface area contributed by atoms with Crippen molar-refractivity contribution in [3.8, 4) is 0 Å². The van der Waals surface area contributed by atoms with Crippen LogP contribution in [0.4, 0.5) is 5.13 Å². The molecule has 1 aromatic heterocycles. The number of benzene rings is 1. The number of amidine groups is 1. The van der Waals surface area contributed by atoms with Crippen molar-refractivity contribution >= 4 is 44.1 Å². The predicted molar refractivity (Wildman–Crippen MR) is 92.6 cm³/mol. The Labute approximate surface area is 141 Å². The van der Waals surface area contributed by atoms with E-state index in [1.165, 1.54) is 16.9 Å². The maximum atomic E-state index is 12.0. The smallest absolute Gasteiger partial charge is 0.292 e. The summed E-state index contributed by atoms with van der Waals surface area (Å²) in [6, 6.07) is 8.18. The molecule has 0 unspecified atom stereocenters. The van der Waals surface area contributed by atoms with E-state index in [-0.39, 0.29) is 5.91 Å². The zero-order chi connectivity index (χ0) is 15.4. The van der Waals surface area contributed by atoms with Gasteiger partial charge in [0.1, 0.15) is 0 Å². The second kappa shape index (κ2) is 7.02. The van der Waals surface area contributed by atoms with Crippen LogP contribution in [0.3, 0.4) is 0 Å². The normalized spacial score (nSPS) is 14.1. The summed E-state index contributed by atoms with van der Waals surface area (Å²) in [7, 11) is 0. The van der Waals surface area contributed by atoms with Gasteiger partial charge in [0.25, 0.3) is 5.91 Å². The van der Waals surface area contributed by atoms with Crippen LogP contribution in [0.1, 0.15) is 16.9 Å². The SMILES string of the molecule is O=C(Nc1ncc(Cc2ccc(Br)cc2)s1)C1=NCCCN1. The molecule has 1 aromatic carbocycles. The first-order chi connectivity index (χ1) is 10.7. The standard InChI is InChI=1S/C15H15BrN4OS/c16-11-4-2-10(3-5-11)8-12-9-19-15(22-12)20-14(21)13-17-6-1-7-18-13/h2-5,9H,1,6-8H2,(H,17,18)(H,19,20,21). The van der Waals surface area contributed by atoms with E-state index < -0.39 is 0 Å². The fraction of sp³-hybridized carbons (Fsp3) is 0.267. The minimum Gasteiger partial charge on any atom is -0.366 e. The Morgan fingerprint density at radius 3 is 2.91 bits per heavy atom. The Balaban J connectivity index is 1.62. The third-order valence-electron chi connectivity index (χ3n) is 3.18. The summed E-state index contributed by atoms with van der Waals surface area (Å²) in [6.07, 6.45) is 3.57. The van der Waals surface area contributed by atoms with Gasteiger partial charge >= 0.3 is 0 Å². The van der Waals surface area contributed by atoms with E-state index in [0.717, 1.165) is 28.7 Å². The minimum atomic E-state index is -0.218. The lowest BCUT2D eigenvalue weighted by Crippen LogP contribution is -2.39. The first-order valence-corrected chi connectivity index (χ1v) is 8.60. The van der Waals surface area contributed by atoms with Gasteiger partial charge in [-0.15, -0.1) is 11.3 Å². The van der Waals surface area contributed by atoms with Crippen LogP contribution >= 0.6 is 27.3 Å². The Hall–Kier alpha value is -1.73. The van der Waals surface area contributed by atoms with Crippen LogP contribution < -0.4 is 10.6 Å². The molecule has 114 valence electrons. The molecule has 1 aliphatic rings. The molecule has 3 rings (SSSR count). The van der Waals surface area contributed by atoms with E-state index in [1.54, 1.807) is 6.20 Å². The molecule has 2 aromatic rings. The van der Waals surface area contributed by atoms with Crippen molar-refractivity contribution in [1.82, 2.24) is 10.3 Å². The molecule has 2 heterocycles. The maximum Gasteiger partial charge on any atom is 0.292 e. The highest BCUT2D eigenvalue weighted by Gasteiger charge is 2.15. The van der Waals surface area contributed by atoms with E-state index >= 15 is 0 Å². The molecule has 1 aliphatic heterocycles. The molecule has 0 spiro atoms. The summed E-state index contributed by atoms with van der Waals surface area (Å²) in [4.78, 5) is 21.6. The number of halogens is 1. The number of thiazole rings is 1. The molecule has 0 saturated carbocycles. The van der Waals surface area contributed by atoms with E-state index in [0.29, 0.717) is 17.5 Å². The average molecular weight is 379 g/mol. The van der Waals surface area contributed by atoms with Gasteiger partial charge in [-0.3, -0.25) is 15.1 Å². The topological polar surface area (TPSA) is 66.4 Å². The third-order valence-corrected chi connectivity index (χ3v) is 4.62. The fourth-order valence-electron chi connectivity index (χ4n) is 2.09. The molecular formula is C15H15BrN4OS. The highest BCUT2D eigenvalue weighted by atomic mass is 79.9. The number of hydrogen-bond acceptors (Lipinski definition) is 5. The highest BCUT2D eigenvalue weighted by molar-refractivity contribution is 9.10. The zero-order valence-corrected chi connectivity index (χ0v) is 14.2. The molecule has 0 bridgehead atoms. The van der Waals surface area contributed by atoms with Gasteiger partial charge in [-0.1, -0.05) is 28.1 Å². The van der Waals surface area contributed by atoms with Crippen molar-refractivity contribution in [3.05, 3.63) is 45.4 Å². The summed E-state index contributed by atoms with van der Waals surface area (Å²) in [5.74, 6) is 0.181. The van der Waals surface area contributed by atoms with Crippen molar-refractivity contribution in [3.63, 3.8) is 0 Å². The number of aromatic nitrogens is 1. The first kappa shape index (κ1) is 15.2. The number of aliphatic imine (C=N–C) groups is 1. The number of amides is 1. The van der Waals surface area contributed by atoms with Gasteiger partial charge in [0, 0.05) is 35.1 Å². The largest absolute Gasteiger partial charge is 0.366 e. The fourth-order valence-corrected chi connectivity index (χ4v) is 3.20. The second-order valence-corrected chi connectivity index (χ2v) is 6.93. The average Bonchev–Trinajstić information content (AvgIpc) is 2.97. The Kier molecular flexibility index (Phi) is 4.84. The van der Waals surface area contributed by atoms with Crippen LogP contribution in [0.2, 0.25) is 0 Å². The van der Waals surface area contributed by atoms with E-state index in [4.69, 9.17) is 0 Å². The molecule has 22 heavy (non-hydrogen) atoms. The molecule has 0 radical (unpaired) electrons. The monoisotopic (exact) mass is 378 g/mol. The van der Waals surface area contributed by atoms with Gasteiger partial charge in [-0.2, -0.15) is 0 Å². The van der Waals surface area contributed by atoms with Crippen molar-refractivity contribution in [2.24, 2.45) is 4.99 Å². The molecule has 2 N–H and O–H groups in total. The summed E-state index contributed by atoms with van der Waals surface area (Å²) >= 11 is 4.91. The lowest BCUT2D eigenvalue weighted by Gasteiger charge is -2.12. The quantitative estimate of drug-likeness (QED) is 0.859. The number of nitrogens with one attached hydrogen (secondary N) is 2. The number of rotatable bonds is 4. The van der Waals surface area contributed by atoms with Crippen LogP contribution in [0.5, 0.6) is 0 Å². The van der Waals surface area contributed by atoms with Crippen LogP contribution in [-0.2, 0) is 11.2 Å². The van der Waals surface area contributed by atoms with Gasteiger partial charge in [0.2, 0.25) is 0 Å². The van der Waals surface area contributed by atoms with Crippen molar-refractivity contribution in [1.29, 1.82) is 0 Å². The number of carbonyl (C=O) groups is 1. The van der Waals surface area contributed by atoms with Gasteiger partial charge in [-0.25, -0.2) is 4.98 Å². The van der Waals surface area contributed by atoms with Crippen LogP contribution in [0.15, 0.2) is 39.9 Å². The molecule has 7 heteroatoms. The predicted octanol–water partition coefficient (Wildman–Crippen LogP) is 2.83. The van der Waals surface area contributed by atoms with E-state index in [9.17, 15) is 4.79 Å². The number of nitrogens with zero attached hydrogens (tertiary/aromatic N) is 2. The number of anilines is 1. The third kappa shape index (κ3) is 3.92. The van der Waals surface area contributed by atoms with Crippen molar-refractivity contribution < 1.29 is 4.79 Å². The lowest BCUT2D eigenvalue weighted by atomic mass is 10.1. The number of hydrogen-bond donors (Lipinski definition) is 2. The van der Waals surface area contributed by atoms with Gasteiger partial charge in [0.15, 0.2) is 11.0 Å². The summed E-state index contributed by atoms with van der Waals surface area (Å²) < 4.78 is 1.06. The molecule has 0 aliphatic carbocycles. The molecule has 0 fully saturated rings. The molecule has 0 saturated heterocycles. The van der Waals surface area contributed by atoms with Gasteiger partial charge in [0.05, 0.1) is 0 Å². The minimum absolute atomic E-state index is 0.218. The van der Waals surface area contributed by atoms with Crippen LogP contribution in [0, 0.1) is 0 Å². The maximum absolute atomic E-state index is 12.0. The Morgan fingerprint density at radius 2 is 2.18 bits per heavy atom. The number of carbonyl (C=O) groups excluding carboxylic acids is 1. The summed E-state index contributed by atoms with van der Waals surface area (Å²) in [6.45, 7) is 1.49. The molecule has 1 amide bonds. The van der Waals surface area contributed by atoms with Crippen LogP contribution in [-0.4, -0.2) is 29.8 Å². The lowest BCUT2D eigenvalue weighted by molar-refractivity contribution is -0.110. The Morgan fingerprint density at radius 1 is 1.36 bits per heavy atom. The van der Waals surface area contributed by atoms with Crippen LogP contribution in [0.25, 0.3) is 0 Å². The molecule has 5 nitrogen and oxygen atoms in total. The zero-order valence-electron chi connectivity index (χ0n) is 11.8. The van der Waals surface area contributed by atoms with Crippen molar-refractivity contribution in [2.75, 3.05) is 18.4 Å². The highest BCUT2D eigenvalue weighted by Crippen LogP contribution is 2.22. The summed E-state index contributed by atoms with van der Waals surface area (Å²) in [5, 5.41) is 6.40. The molecule has 0 atom stereocenters. The van der Waals surface area contributed by atoms with E-state index in [2.05, 4.69) is 48.7 Å². The van der Waals surface area contributed by atoms with Gasteiger partial charge in [-0.05, 0) is 24.1 Å². The first-order valence-electron chi connectivity index (χ1n) is 6.99. The van der Waals surface area contributed by atoms with Crippen molar-refractivity contribution in [2.45, 2.75) is 12.8 Å². The summed E-state index contributed by atoms with van der Waals surface area (Å²) in [5.41, 5.74) is 1.21. The Bertz CT molecular complexity index is 696. The second-order valence-electron chi connectivity index (χ2n) is 4.90. The van der Waals surface area contributed by atoms with Gasteiger partial charge < -0.3 is 5.32 Å².